The average molecular weight is 352 g/mol. The first-order chi connectivity index (χ1) is 10.1. The zero-order valence-corrected chi connectivity index (χ0v) is 13.0. The van der Waals surface area contributed by atoms with E-state index >= 15 is 0 Å². The Hall–Kier alpha value is -1.73. The zero-order valence-electron chi connectivity index (χ0n) is 11.5. The quantitative estimate of drug-likeness (QED) is 0.579. The number of aryl methyl sites for hydroxylation is 1. The van der Waals surface area contributed by atoms with Crippen molar-refractivity contribution in [3.05, 3.63) is 39.9 Å². The molecule has 1 aromatic carbocycles. The summed E-state index contributed by atoms with van der Waals surface area (Å²) in [5.41, 5.74) is 4.13. The number of rotatable bonds is 4. The first kappa shape index (κ1) is 14.2. The van der Waals surface area contributed by atoms with Crippen molar-refractivity contribution in [3.8, 4) is 0 Å². The van der Waals surface area contributed by atoms with Crippen molar-refractivity contribution < 1.29 is 4.39 Å². The maximum absolute atomic E-state index is 13.5. The highest BCUT2D eigenvalue weighted by Gasteiger charge is 2.27. The van der Waals surface area contributed by atoms with Gasteiger partial charge in [0.05, 0.1) is 4.47 Å². The SMILES string of the molecule is Cc1cc(F)c(Br)cc1Nc1cc(NN)nc(C2CC2)n1. The van der Waals surface area contributed by atoms with Crippen LogP contribution in [-0.4, -0.2) is 9.97 Å². The lowest BCUT2D eigenvalue weighted by atomic mass is 10.2. The Balaban J connectivity index is 1.94. The van der Waals surface area contributed by atoms with Crippen LogP contribution in [0.25, 0.3) is 0 Å². The number of nitrogen functional groups attached to an aromatic ring is 1. The molecule has 0 atom stereocenters. The van der Waals surface area contributed by atoms with Gasteiger partial charge in [0, 0.05) is 17.7 Å². The number of hydrogen-bond donors (Lipinski definition) is 3. The summed E-state index contributed by atoms with van der Waals surface area (Å²) in [6.07, 6.45) is 2.21. The third-order valence-corrected chi connectivity index (χ3v) is 3.97. The molecule has 0 unspecified atom stereocenters. The number of hydrogen-bond acceptors (Lipinski definition) is 5. The largest absolute Gasteiger partial charge is 0.340 e. The average Bonchev–Trinajstić information content (AvgIpc) is 3.29. The van der Waals surface area contributed by atoms with Gasteiger partial charge in [-0.3, -0.25) is 0 Å². The summed E-state index contributed by atoms with van der Waals surface area (Å²) in [5, 5.41) is 3.19. The normalized spacial score (nSPS) is 14.1. The second kappa shape index (κ2) is 5.57. The van der Waals surface area contributed by atoms with Gasteiger partial charge in [-0.25, -0.2) is 20.2 Å². The van der Waals surface area contributed by atoms with E-state index in [4.69, 9.17) is 5.84 Å². The highest BCUT2D eigenvalue weighted by molar-refractivity contribution is 9.10. The molecule has 110 valence electrons. The van der Waals surface area contributed by atoms with Crippen molar-refractivity contribution in [2.75, 3.05) is 10.7 Å². The summed E-state index contributed by atoms with van der Waals surface area (Å²) in [7, 11) is 0. The molecule has 0 spiro atoms. The fourth-order valence-electron chi connectivity index (χ4n) is 2.05. The van der Waals surface area contributed by atoms with Gasteiger partial charge in [0.15, 0.2) is 0 Å². The number of halogens is 2. The number of hydrazine groups is 1. The standard InChI is InChI=1S/C14H15BrFN5/c1-7-4-10(16)9(15)5-11(7)18-12-6-13(21-17)20-14(19-12)8-2-3-8/h4-6,8H,2-3,17H2,1H3,(H2,18,19,20,21). The minimum Gasteiger partial charge on any atom is -0.340 e. The van der Waals surface area contributed by atoms with Crippen molar-refractivity contribution in [3.63, 3.8) is 0 Å². The van der Waals surface area contributed by atoms with Gasteiger partial charge in [0.2, 0.25) is 0 Å². The second-order valence-corrected chi connectivity index (χ2v) is 5.98. The molecule has 0 aliphatic heterocycles. The van der Waals surface area contributed by atoms with E-state index in [1.807, 2.05) is 6.92 Å². The molecule has 1 aliphatic rings. The van der Waals surface area contributed by atoms with Gasteiger partial charge in [-0.15, -0.1) is 0 Å². The van der Waals surface area contributed by atoms with E-state index in [-0.39, 0.29) is 5.82 Å². The van der Waals surface area contributed by atoms with E-state index in [0.29, 0.717) is 22.0 Å². The molecule has 0 bridgehead atoms. The first-order valence-corrected chi connectivity index (χ1v) is 7.44. The Morgan fingerprint density at radius 1 is 1.24 bits per heavy atom. The molecule has 1 saturated carbocycles. The summed E-state index contributed by atoms with van der Waals surface area (Å²) in [5.74, 6) is 7.57. The number of aromatic nitrogens is 2. The van der Waals surface area contributed by atoms with E-state index in [1.165, 1.54) is 6.07 Å². The van der Waals surface area contributed by atoms with E-state index in [2.05, 4.69) is 36.6 Å². The lowest BCUT2D eigenvalue weighted by Gasteiger charge is -2.12. The van der Waals surface area contributed by atoms with Crippen LogP contribution in [0.5, 0.6) is 0 Å². The van der Waals surface area contributed by atoms with Crippen molar-refractivity contribution in [2.45, 2.75) is 25.7 Å². The highest BCUT2D eigenvalue weighted by Crippen LogP contribution is 2.39. The van der Waals surface area contributed by atoms with E-state index < -0.39 is 0 Å². The zero-order chi connectivity index (χ0) is 15.0. The lowest BCUT2D eigenvalue weighted by Crippen LogP contribution is -2.11. The van der Waals surface area contributed by atoms with Gasteiger partial charge in [-0.2, -0.15) is 0 Å². The van der Waals surface area contributed by atoms with Crippen LogP contribution in [0.15, 0.2) is 22.7 Å². The minimum absolute atomic E-state index is 0.288. The van der Waals surface area contributed by atoms with Gasteiger partial charge in [-0.05, 0) is 53.4 Å². The molecule has 0 saturated heterocycles. The summed E-state index contributed by atoms with van der Waals surface area (Å²) >= 11 is 3.19. The minimum atomic E-state index is -0.288. The molecule has 21 heavy (non-hydrogen) atoms. The van der Waals surface area contributed by atoms with Crippen molar-refractivity contribution >= 4 is 33.3 Å². The fourth-order valence-corrected chi connectivity index (χ4v) is 2.39. The Labute approximate surface area is 130 Å². The Kier molecular flexibility index (Phi) is 3.77. The Morgan fingerprint density at radius 3 is 2.62 bits per heavy atom. The van der Waals surface area contributed by atoms with Gasteiger partial charge in [-0.1, -0.05) is 0 Å². The second-order valence-electron chi connectivity index (χ2n) is 5.12. The van der Waals surface area contributed by atoms with Crippen LogP contribution in [0.3, 0.4) is 0 Å². The van der Waals surface area contributed by atoms with Crippen LogP contribution < -0.4 is 16.6 Å². The monoisotopic (exact) mass is 351 g/mol. The molecule has 4 N–H and O–H groups in total. The first-order valence-electron chi connectivity index (χ1n) is 6.65. The molecule has 1 aromatic heterocycles. The van der Waals surface area contributed by atoms with Crippen LogP contribution in [0.4, 0.5) is 21.7 Å². The maximum atomic E-state index is 13.5. The summed E-state index contributed by atoms with van der Waals surface area (Å²) in [4.78, 5) is 8.86. The Morgan fingerprint density at radius 2 is 1.95 bits per heavy atom. The fraction of sp³-hybridized carbons (Fsp3) is 0.286. The lowest BCUT2D eigenvalue weighted by molar-refractivity contribution is 0.620. The summed E-state index contributed by atoms with van der Waals surface area (Å²) in [6, 6.07) is 4.89. The van der Waals surface area contributed by atoms with Crippen LogP contribution in [0.2, 0.25) is 0 Å². The van der Waals surface area contributed by atoms with Gasteiger partial charge < -0.3 is 10.7 Å². The van der Waals surface area contributed by atoms with Crippen molar-refractivity contribution in [1.82, 2.24) is 9.97 Å². The third-order valence-electron chi connectivity index (χ3n) is 3.36. The Bertz CT molecular complexity index is 687. The van der Waals surface area contributed by atoms with Crippen molar-refractivity contribution in [2.24, 2.45) is 5.84 Å². The number of nitrogens with two attached hydrogens (primary N) is 1. The van der Waals surface area contributed by atoms with Crippen molar-refractivity contribution in [1.29, 1.82) is 0 Å². The molecule has 1 aliphatic carbocycles. The smallest absolute Gasteiger partial charge is 0.145 e. The highest BCUT2D eigenvalue weighted by atomic mass is 79.9. The molecular weight excluding hydrogens is 337 g/mol. The van der Waals surface area contributed by atoms with Crippen LogP contribution >= 0.6 is 15.9 Å². The van der Waals surface area contributed by atoms with Crippen LogP contribution in [0.1, 0.15) is 30.1 Å². The summed E-state index contributed by atoms with van der Waals surface area (Å²) in [6.45, 7) is 1.84. The maximum Gasteiger partial charge on any atom is 0.145 e. The summed E-state index contributed by atoms with van der Waals surface area (Å²) < 4.78 is 13.9. The molecule has 2 aromatic rings. The van der Waals surface area contributed by atoms with E-state index in [0.717, 1.165) is 29.9 Å². The predicted molar refractivity (Wildman–Crippen MR) is 83.9 cm³/mol. The van der Waals surface area contributed by atoms with Crippen LogP contribution in [0, 0.1) is 12.7 Å². The molecule has 5 nitrogen and oxygen atoms in total. The molecule has 1 fully saturated rings. The molecule has 1 heterocycles. The topological polar surface area (TPSA) is 75.9 Å². The van der Waals surface area contributed by atoms with Gasteiger partial charge in [0.1, 0.15) is 23.3 Å². The number of anilines is 3. The van der Waals surface area contributed by atoms with E-state index in [9.17, 15) is 4.39 Å². The molecule has 0 amide bonds. The molecular formula is C14H15BrFN5. The molecule has 7 heteroatoms. The molecule has 0 radical (unpaired) electrons. The number of nitrogens with one attached hydrogen (secondary N) is 2. The van der Waals surface area contributed by atoms with E-state index in [1.54, 1.807) is 12.1 Å². The number of nitrogens with zero attached hydrogens (tertiary/aromatic N) is 2. The van der Waals surface area contributed by atoms with Crippen LogP contribution in [-0.2, 0) is 0 Å². The van der Waals surface area contributed by atoms with Gasteiger partial charge in [0.25, 0.3) is 0 Å². The predicted octanol–water partition coefficient (Wildman–Crippen LogP) is 3.59. The third kappa shape index (κ3) is 3.14. The molecule has 3 rings (SSSR count). The number of benzene rings is 1. The van der Waals surface area contributed by atoms with Gasteiger partial charge >= 0.3 is 0 Å².